The van der Waals surface area contributed by atoms with E-state index < -0.39 is 5.91 Å². The third-order valence-corrected chi connectivity index (χ3v) is 5.26. The summed E-state index contributed by atoms with van der Waals surface area (Å²) in [4.78, 5) is 28.4. The largest absolute Gasteiger partial charge is 0.493 e. The summed E-state index contributed by atoms with van der Waals surface area (Å²) in [5, 5.41) is 6.30. The number of nitrogens with one attached hydrogen (secondary N) is 3. The van der Waals surface area contributed by atoms with Gasteiger partial charge in [-0.25, -0.2) is 4.39 Å². The molecule has 2 aromatic carbocycles. The molecule has 0 atom stereocenters. The average molecular weight is 411 g/mol. The van der Waals surface area contributed by atoms with Gasteiger partial charge in [-0.1, -0.05) is 0 Å². The van der Waals surface area contributed by atoms with Crippen molar-refractivity contribution in [3.63, 3.8) is 0 Å². The van der Waals surface area contributed by atoms with Crippen LogP contribution in [0.2, 0.25) is 0 Å². The number of ether oxygens (including phenoxy) is 2. The number of hydrogen-bond acceptors (Lipinski definition) is 4. The number of hydrogen-bond donors (Lipinski definition) is 3. The summed E-state index contributed by atoms with van der Waals surface area (Å²) in [6.45, 7) is 0. The Labute approximate surface area is 172 Å². The molecule has 0 radical (unpaired) electrons. The van der Waals surface area contributed by atoms with E-state index in [1.165, 1.54) is 26.4 Å². The Morgan fingerprint density at radius 2 is 1.87 bits per heavy atom. The highest BCUT2D eigenvalue weighted by Crippen LogP contribution is 2.37. The number of methoxy groups -OCH3 is 2. The molecule has 0 bridgehead atoms. The van der Waals surface area contributed by atoms with Crippen LogP contribution in [0.3, 0.4) is 0 Å². The number of H-pyrrole nitrogens is 1. The Morgan fingerprint density at radius 3 is 2.53 bits per heavy atom. The van der Waals surface area contributed by atoms with Gasteiger partial charge in [0.2, 0.25) is 0 Å². The van der Waals surface area contributed by atoms with Crippen molar-refractivity contribution < 1.29 is 23.5 Å². The zero-order chi connectivity index (χ0) is 21.3. The van der Waals surface area contributed by atoms with Crippen LogP contribution in [0, 0.1) is 5.82 Å². The Hall–Kier alpha value is -3.55. The molecule has 156 valence electrons. The minimum atomic E-state index is -0.455. The van der Waals surface area contributed by atoms with Gasteiger partial charge in [-0.3, -0.25) is 9.59 Å². The Morgan fingerprint density at radius 1 is 1.07 bits per heavy atom. The number of aromatic nitrogens is 1. The van der Waals surface area contributed by atoms with Crippen LogP contribution >= 0.6 is 0 Å². The monoisotopic (exact) mass is 411 g/mol. The minimum absolute atomic E-state index is 0.176. The molecule has 2 amide bonds. The number of halogens is 1. The molecular weight excluding hydrogens is 389 g/mol. The topological polar surface area (TPSA) is 92.5 Å². The standard InChI is InChI=1S/C22H22FN3O4/c1-29-19-11-13(21(27)24-15-4-3-5-15)10-17(20(19)30-2)26-22(28)18-9-12-8-14(23)6-7-16(12)25-18/h6-11,15,25H,3-5H2,1-2H3,(H,24,27)(H,26,28). The Bertz CT molecular complexity index is 1120. The van der Waals surface area contributed by atoms with Gasteiger partial charge in [-0.15, -0.1) is 0 Å². The van der Waals surface area contributed by atoms with Gasteiger partial charge in [-0.2, -0.15) is 0 Å². The molecule has 0 saturated heterocycles. The van der Waals surface area contributed by atoms with Crippen LogP contribution in [0.5, 0.6) is 11.5 Å². The van der Waals surface area contributed by atoms with E-state index in [0.717, 1.165) is 19.3 Å². The maximum Gasteiger partial charge on any atom is 0.272 e. The summed E-state index contributed by atoms with van der Waals surface area (Å²) < 4.78 is 24.2. The molecule has 3 N–H and O–H groups in total. The summed E-state index contributed by atoms with van der Waals surface area (Å²) in [5.41, 5.74) is 1.54. The first-order valence-corrected chi connectivity index (χ1v) is 9.65. The van der Waals surface area contributed by atoms with E-state index in [0.29, 0.717) is 33.7 Å². The second kappa shape index (κ2) is 8.06. The Balaban J connectivity index is 1.64. The molecule has 8 heteroatoms. The van der Waals surface area contributed by atoms with Crippen molar-refractivity contribution in [2.75, 3.05) is 19.5 Å². The molecule has 0 spiro atoms. The highest BCUT2D eigenvalue weighted by atomic mass is 19.1. The molecule has 1 aromatic heterocycles. The fourth-order valence-corrected chi connectivity index (χ4v) is 3.43. The van der Waals surface area contributed by atoms with Crippen molar-refractivity contribution in [2.45, 2.75) is 25.3 Å². The second-order valence-electron chi connectivity index (χ2n) is 7.23. The molecule has 1 heterocycles. The number of anilines is 1. The molecular formula is C22H22FN3O4. The fraction of sp³-hybridized carbons (Fsp3) is 0.273. The summed E-state index contributed by atoms with van der Waals surface area (Å²) in [7, 11) is 2.91. The zero-order valence-electron chi connectivity index (χ0n) is 16.7. The van der Waals surface area contributed by atoms with Crippen LogP contribution in [0.15, 0.2) is 36.4 Å². The zero-order valence-corrected chi connectivity index (χ0v) is 16.7. The summed E-state index contributed by atoms with van der Waals surface area (Å²) in [6.07, 6.45) is 3.03. The van der Waals surface area contributed by atoms with Crippen LogP contribution < -0.4 is 20.1 Å². The van der Waals surface area contributed by atoms with Gasteiger partial charge >= 0.3 is 0 Å². The van der Waals surface area contributed by atoms with Crippen LogP contribution in [0.4, 0.5) is 10.1 Å². The summed E-state index contributed by atoms with van der Waals surface area (Å²) in [5.74, 6) is -0.452. The van der Waals surface area contributed by atoms with Crippen molar-refractivity contribution in [1.82, 2.24) is 10.3 Å². The SMILES string of the molecule is COc1cc(C(=O)NC2CCC2)cc(NC(=O)c2cc3cc(F)ccc3[nH]2)c1OC. The molecule has 1 aliphatic rings. The first-order valence-electron chi connectivity index (χ1n) is 9.65. The number of carbonyl (C=O) groups is 2. The number of rotatable bonds is 6. The third-order valence-electron chi connectivity index (χ3n) is 5.26. The quantitative estimate of drug-likeness (QED) is 0.574. The van der Waals surface area contributed by atoms with Crippen molar-refractivity contribution in [3.8, 4) is 11.5 Å². The van der Waals surface area contributed by atoms with Crippen LogP contribution in [0.1, 0.15) is 40.1 Å². The number of aromatic amines is 1. The van der Waals surface area contributed by atoms with Crippen molar-refractivity contribution in [1.29, 1.82) is 0 Å². The van der Waals surface area contributed by atoms with E-state index >= 15 is 0 Å². The molecule has 7 nitrogen and oxygen atoms in total. The van der Waals surface area contributed by atoms with Crippen LogP contribution in [0.25, 0.3) is 10.9 Å². The van der Waals surface area contributed by atoms with Gasteiger partial charge < -0.3 is 25.1 Å². The van der Waals surface area contributed by atoms with E-state index in [9.17, 15) is 14.0 Å². The molecule has 3 aromatic rings. The molecule has 1 fully saturated rings. The van der Waals surface area contributed by atoms with Gasteiger partial charge in [0.05, 0.1) is 19.9 Å². The first-order chi connectivity index (χ1) is 14.5. The van der Waals surface area contributed by atoms with Crippen molar-refractivity contribution >= 4 is 28.4 Å². The number of amides is 2. The van der Waals surface area contributed by atoms with Gasteiger partial charge in [-0.05, 0) is 55.7 Å². The maximum absolute atomic E-state index is 13.4. The van der Waals surface area contributed by atoms with Gasteiger partial charge in [0.25, 0.3) is 11.8 Å². The molecule has 1 saturated carbocycles. The van der Waals surface area contributed by atoms with Crippen LogP contribution in [-0.2, 0) is 0 Å². The lowest BCUT2D eigenvalue weighted by molar-refractivity contribution is 0.0915. The molecule has 30 heavy (non-hydrogen) atoms. The molecule has 0 aliphatic heterocycles. The highest BCUT2D eigenvalue weighted by molar-refractivity contribution is 6.07. The van der Waals surface area contributed by atoms with E-state index in [1.54, 1.807) is 24.3 Å². The second-order valence-corrected chi connectivity index (χ2v) is 7.23. The van der Waals surface area contributed by atoms with E-state index in [4.69, 9.17) is 9.47 Å². The molecule has 4 rings (SSSR count). The minimum Gasteiger partial charge on any atom is -0.493 e. The van der Waals surface area contributed by atoms with E-state index in [-0.39, 0.29) is 23.5 Å². The molecule has 0 unspecified atom stereocenters. The van der Waals surface area contributed by atoms with Crippen molar-refractivity contribution in [2.24, 2.45) is 0 Å². The Kier molecular flexibility index (Phi) is 5.31. The highest BCUT2D eigenvalue weighted by Gasteiger charge is 2.23. The number of fused-ring (bicyclic) bond motifs is 1. The molecule has 1 aliphatic carbocycles. The summed E-state index contributed by atoms with van der Waals surface area (Å²) in [6, 6.07) is 9.09. The predicted octanol–water partition coefficient (Wildman–Crippen LogP) is 3.86. The number of carbonyl (C=O) groups excluding carboxylic acids is 2. The van der Waals surface area contributed by atoms with Gasteiger partial charge in [0.15, 0.2) is 11.5 Å². The van der Waals surface area contributed by atoms with Gasteiger partial charge in [0, 0.05) is 22.5 Å². The fourth-order valence-electron chi connectivity index (χ4n) is 3.43. The lowest BCUT2D eigenvalue weighted by Gasteiger charge is -2.26. The third kappa shape index (κ3) is 3.80. The predicted molar refractivity (Wildman–Crippen MR) is 111 cm³/mol. The van der Waals surface area contributed by atoms with Gasteiger partial charge in [0.1, 0.15) is 11.5 Å². The normalized spacial score (nSPS) is 13.6. The summed E-state index contributed by atoms with van der Waals surface area (Å²) >= 11 is 0. The van der Waals surface area contributed by atoms with E-state index in [1.807, 2.05) is 0 Å². The lowest BCUT2D eigenvalue weighted by atomic mass is 9.93. The number of benzene rings is 2. The lowest BCUT2D eigenvalue weighted by Crippen LogP contribution is -2.39. The maximum atomic E-state index is 13.4. The van der Waals surface area contributed by atoms with Crippen molar-refractivity contribution in [3.05, 3.63) is 53.5 Å². The van der Waals surface area contributed by atoms with E-state index in [2.05, 4.69) is 15.6 Å². The smallest absolute Gasteiger partial charge is 0.272 e. The van der Waals surface area contributed by atoms with Crippen LogP contribution in [-0.4, -0.2) is 37.1 Å². The average Bonchev–Trinajstić information content (AvgIpc) is 3.13. The first kappa shape index (κ1) is 19.8.